The number of carbonyl (C=O) groups excluding carboxylic acids is 1. The smallest absolute Gasteiger partial charge is 0.369 e. The average Bonchev–Trinajstić information content (AvgIpc) is 2.71. The van der Waals surface area contributed by atoms with Crippen LogP contribution in [0.1, 0.15) is 11.1 Å². The van der Waals surface area contributed by atoms with Gasteiger partial charge in [-0.25, -0.2) is 0 Å². The summed E-state index contributed by atoms with van der Waals surface area (Å²) in [5.41, 5.74) is 0.547. The molecular weight excluding hydrogens is 438 g/mol. The molecule has 1 N–H and O–H groups in total. The highest BCUT2D eigenvalue weighted by Gasteiger charge is 2.31. The predicted octanol–water partition coefficient (Wildman–Crippen LogP) is 4.49. The largest absolute Gasteiger partial charge is 0.416 e. The van der Waals surface area contributed by atoms with Crippen LogP contribution in [0.25, 0.3) is 0 Å². The van der Waals surface area contributed by atoms with Gasteiger partial charge in [-0.15, -0.1) is 0 Å². The van der Waals surface area contributed by atoms with Crippen LogP contribution in [-0.4, -0.2) is 50.1 Å². The van der Waals surface area contributed by atoms with Crippen LogP contribution >= 0.6 is 23.2 Å². The highest BCUT2D eigenvalue weighted by molar-refractivity contribution is 6.36. The van der Waals surface area contributed by atoms with Crippen molar-refractivity contribution in [3.63, 3.8) is 0 Å². The molecule has 0 radical (unpaired) electrons. The van der Waals surface area contributed by atoms with Gasteiger partial charge in [0.1, 0.15) is 0 Å². The summed E-state index contributed by atoms with van der Waals surface area (Å²) in [5, 5.41) is 3.79. The second-order valence-corrected chi connectivity index (χ2v) is 7.92. The van der Waals surface area contributed by atoms with Crippen molar-refractivity contribution in [1.29, 1.82) is 0 Å². The van der Waals surface area contributed by atoms with Gasteiger partial charge in [-0.1, -0.05) is 35.3 Å². The number of amides is 1. The van der Waals surface area contributed by atoms with Crippen molar-refractivity contribution in [2.45, 2.75) is 12.6 Å². The zero-order valence-electron chi connectivity index (χ0n) is 16.2. The Morgan fingerprint density at radius 2 is 1.63 bits per heavy atom. The number of carbonyl (C=O) groups is 1. The van der Waals surface area contributed by atoms with Gasteiger partial charge in [0, 0.05) is 55.0 Å². The summed E-state index contributed by atoms with van der Waals surface area (Å²) < 4.78 is 38.7. The van der Waals surface area contributed by atoms with E-state index in [4.69, 9.17) is 23.2 Å². The van der Waals surface area contributed by atoms with Gasteiger partial charge in [0.15, 0.2) is 0 Å². The fourth-order valence-electron chi connectivity index (χ4n) is 3.39. The first-order valence-corrected chi connectivity index (χ1v) is 10.3. The number of nitrogens with one attached hydrogen (secondary N) is 1. The molecule has 1 heterocycles. The first-order chi connectivity index (χ1) is 14.2. The fourth-order valence-corrected chi connectivity index (χ4v) is 3.92. The highest BCUT2D eigenvalue weighted by atomic mass is 35.5. The first-order valence-electron chi connectivity index (χ1n) is 9.58. The Labute approximate surface area is 183 Å². The number of piperazine rings is 1. The minimum absolute atomic E-state index is 0.113. The van der Waals surface area contributed by atoms with Gasteiger partial charge in [-0.2, -0.15) is 13.2 Å². The van der Waals surface area contributed by atoms with Gasteiger partial charge in [-0.05, 0) is 35.9 Å². The number of alkyl halides is 3. The van der Waals surface area contributed by atoms with Crippen LogP contribution in [-0.2, 0) is 17.4 Å². The fraction of sp³-hybridized carbons (Fsp3) is 0.381. The summed E-state index contributed by atoms with van der Waals surface area (Å²) in [6.45, 7) is 3.82. The van der Waals surface area contributed by atoms with Crippen LogP contribution in [0.15, 0.2) is 42.5 Å². The third kappa shape index (κ3) is 6.03. The molecule has 2 aromatic rings. The lowest BCUT2D eigenvalue weighted by atomic mass is 10.1. The van der Waals surface area contributed by atoms with E-state index in [0.717, 1.165) is 6.07 Å². The van der Waals surface area contributed by atoms with E-state index in [1.54, 1.807) is 24.3 Å². The molecule has 3 rings (SSSR count). The summed E-state index contributed by atoms with van der Waals surface area (Å²) in [4.78, 5) is 16.3. The monoisotopic (exact) mass is 459 g/mol. The van der Waals surface area contributed by atoms with Crippen molar-refractivity contribution >= 4 is 34.8 Å². The molecule has 0 atom stereocenters. The molecular formula is C21H22Cl2F3N3O. The van der Waals surface area contributed by atoms with Crippen LogP contribution in [0.3, 0.4) is 0 Å². The minimum Gasteiger partial charge on any atom is -0.369 e. The molecule has 0 saturated carbocycles. The van der Waals surface area contributed by atoms with E-state index >= 15 is 0 Å². The summed E-state index contributed by atoms with van der Waals surface area (Å²) in [6.07, 6.45) is -4.23. The SMILES string of the molecule is O=C(Cc1c(Cl)cccc1Cl)NCCN1CCN(c2cccc(C(F)(F)F)c2)CC1. The first kappa shape index (κ1) is 22.7. The number of halogens is 5. The second kappa shape index (κ2) is 9.90. The Kier molecular flexibility index (Phi) is 7.50. The zero-order chi connectivity index (χ0) is 21.7. The molecule has 9 heteroatoms. The Morgan fingerprint density at radius 1 is 1.00 bits per heavy atom. The number of hydrogen-bond donors (Lipinski definition) is 1. The molecule has 0 unspecified atom stereocenters. The Bertz CT molecular complexity index is 864. The predicted molar refractivity (Wildman–Crippen MR) is 113 cm³/mol. The van der Waals surface area contributed by atoms with Gasteiger partial charge in [0.05, 0.1) is 12.0 Å². The van der Waals surface area contributed by atoms with E-state index in [1.807, 2.05) is 4.90 Å². The van der Waals surface area contributed by atoms with E-state index in [9.17, 15) is 18.0 Å². The van der Waals surface area contributed by atoms with Crippen molar-refractivity contribution in [3.8, 4) is 0 Å². The molecule has 0 spiro atoms. The third-order valence-electron chi connectivity index (χ3n) is 5.06. The summed E-state index contributed by atoms with van der Waals surface area (Å²) in [5.74, 6) is -0.160. The van der Waals surface area contributed by atoms with Gasteiger partial charge >= 0.3 is 6.18 Å². The van der Waals surface area contributed by atoms with E-state index < -0.39 is 11.7 Å². The quantitative estimate of drug-likeness (QED) is 0.690. The zero-order valence-corrected chi connectivity index (χ0v) is 17.7. The normalized spacial score (nSPS) is 15.3. The summed E-state index contributed by atoms with van der Waals surface area (Å²) >= 11 is 12.2. The standard InChI is InChI=1S/C21H22Cl2F3N3O/c22-18-5-2-6-19(23)17(18)14-20(30)27-7-8-28-9-11-29(12-10-28)16-4-1-3-15(13-16)21(24,25)26/h1-6,13H,7-12,14H2,(H,27,30). The van der Waals surface area contributed by atoms with Crippen LogP contribution in [0.2, 0.25) is 10.0 Å². The second-order valence-electron chi connectivity index (χ2n) is 7.10. The lowest BCUT2D eigenvalue weighted by Gasteiger charge is -2.36. The third-order valence-corrected chi connectivity index (χ3v) is 5.77. The molecule has 0 bridgehead atoms. The van der Waals surface area contributed by atoms with Crippen LogP contribution in [0.5, 0.6) is 0 Å². The summed E-state index contributed by atoms with van der Waals surface area (Å²) in [6, 6.07) is 10.5. The molecule has 162 valence electrons. The highest BCUT2D eigenvalue weighted by Crippen LogP contribution is 2.32. The Morgan fingerprint density at radius 3 is 2.27 bits per heavy atom. The molecule has 30 heavy (non-hydrogen) atoms. The van der Waals surface area contributed by atoms with Gasteiger partial charge in [-0.3, -0.25) is 9.69 Å². The van der Waals surface area contributed by atoms with Crippen LogP contribution in [0.4, 0.5) is 18.9 Å². The van der Waals surface area contributed by atoms with Crippen molar-refractivity contribution in [1.82, 2.24) is 10.2 Å². The molecule has 0 aliphatic carbocycles. The Hall–Kier alpha value is -1.96. The van der Waals surface area contributed by atoms with Crippen LogP contribution in [0, 0.1) is 0 Å². The van der Waals surface area contributed by atoms with Gasteiger partial charge in [0.25, 0.3) is 0 Å². The van der Waals surface area contributed by atoms with Gasteiger partial charge in [0.2, 0.25) is 5.91 Å². The maximum Gasteiger partial charge on any atom is 0.416 e. The van der Waals surface area contributed by atoms with Crippen molar-refractivity contribution < 1.29 is 18.0 Å². The van der Waals surface area contributed by atoms with Crippen molar-refractivity contribution in [2.24, 2.45) is 0 Å². The molecule has 1 fully saturated rings. The van der Waals surface area contributed by atoms with Crippen LogP contribution < -0.4 is 10.2 Å². The number of benzene rings is 2. The van der Waals surface area contributed by atoms with E-state index in [-0.39, 0.29) is 12.3 Å². The molecule has 1 aliphatic rings. The topological polar surface area (TPSA) is 35.6 Å². The lowest BCUT2D eigenvalue weighted by Crippen LogP contribution is -2.48. The van der Waals surface area contributed by atoms with E-state index in [1.165, 1.54) is 12.1 Å². The molecule has 2 aromatic carbocycles. The number of anilines is 1. The lowest BCUT2D eigenvalue weighted by molar-refractivity contribution is -0.137. The average molecular weight is 460 g/mol. The van der Waals surface area contributed by atoms with E-state index in [0.29, 0.717) is 60.6 Å². The number of rotatable bonds is 6. The van der Waals surface area contributed by atoms with Crippen molar-refractivity contribution in [2.75, 3.05) is 44.2 Å². The van der Waals surface area contributed by atoms with Crippen molar-refractivity contribution in [3.05, 3.63) is 63.6 Å². The molecule has 4 nitrogen and oxygen atoms in total. The van der Waals surface area contributed by atoms with E-state index in [2.05, 4.69) is 10.2 Å². The Balaban J connectivity index is 1.43. The molecule has 1 aliphatic heterocycles. The maximum absolute atomic E-state index is 12.9. The summed E-state index contributed by atoms with van der Waals surface area (Å²) in [7, 11) is 0. The molecule has 1 amide bonds. The molecule has 1 saturated heterocycles. The number of nitrogens with zero attached hydrogens (tertiary/aromatic N) is 2. The van der Waals surface area contributed by atoms with Gasteiger partial charge < -0.3 is 10.2 Å². The maximum atomic E-state index is 12.9. The molecule has 0 aromatic heterocycles. The minimum atomic E-state index is -4.34. The number of hydrogen-bond acceptors (Lipinski definition) is 3.